The van der Waals surface area contributed by atoms with Gasteiger partial charge < -0.3 is 20.3 Å². The summed E-state index contributed by atoms with van der Waals surface area (Å²) in [5.41, 5.74) is 4.63. The second-order valence-corrected chi connectivity index (χ2v) is 9.60. The molecule has 3 rings (SSSR count). The molecule has 1 aliphatic heterocycles. The maximum absolute atomic E-state index is 13.0. The van der Waals surface area contributed by atoms with Gasteiger partial charge in [-0.3, -0.25) is 14.4 Å². The lowest BCUT2D eigenvalue weighted by Crippen LogP contribution is -2.43. The van der Waals surface area contributed by atoms with Gasteiger partial charge >= 0.3 is 0 Å². The number of anilines is 2. The molecule has 0 aliphatic carbocycles. The molecule has 0 radical (unpaired) electrons. The molecule has 2 N–H and O–H groups in total. The van der Waals surface area contributed by atoms with E-state index in [0.717, 1.165) is 40.9 Å². The Morgan fingerprint density at radius 3 is 2.56 bits per heavy atom. The molecular formula is C26H33N3O4S. The van der Waals surface area contributed by atoms with Gasteiger partial charge in [0.2, 0.25) is 17.7 Å². The lowest BCUT2D eigenvalue weighted by Gasteiger charge is -2.25. The fourth-order valence-electron chi connectivity index (χ4n) is 3.78. The molecule has 0 aromatic heterocycles. The Morgan fingerprint density at radius 1 is 1.03 bits per heavy atom. The van der Waals surface area contributed by atoms with E-state index in [-0.39, 0.29) is 41.9 Å². The Hall–Kier alpha value is -2.84. The smallest absolute Gasteiger partial charge is 0.244 e. The van der Waals surface area contributed by atoms with Crippen LogP contribution in [-0.4, -0.2) is 59.9 Å². The third kappa shape index (κ3) is 7.88. The van der Waals surface area contributed by atoms with Gasteiger partial charge in [0.05, 0.1) is 24.2 Å². The molecular weight excluding hydrogens is 450 g/mol. The number of ether oxygens (including phenoxy) is 1. The molecule has 1 unspecified atom stereocenters. The molecule has 1 heterocycles. The topological polar surface area (TPSA) is 87.7 Å². The van der Waals surface area contributed by atoms with Crippen molar-refractivity contribution in [1.29, 1.82) is 0 Å². The minimum absolute atomic E-state index is 0.0534. The maximum atomic E-state index is 13.0. The molecule has 2 aromatic rings. The van der Waals surface area contributed by atoms with Gasteiger partial charge in [0, 0.05) is 24.5 Å². The van der Waals surface area contributed by atoms with Crippen LogP contribution in [0.15, 0.2) is 42.5 Å². The van der Waals surface area contributed by atoms with Crippen molar-refractivity contribution in [3.63, 3.8) is 0 Å². The lowest BCUT2D eigenvalue weighted by molar-refractivity contribution is -0.133. The predicted molar refractivity (Wildman–Crippen MR) is 137 cm³/mol. The van der Waals surface area contributed by atoms with Gasteiger partial charge in [-0.1, -0.05) is 24.3 Å². The van der Waals surface area contributed by atoms with E-state index in [1.54, 1.807) is 4.90 Å². The number of benzene rings is 2. The molecule has 3 amide bonds. The van der Waals surface area contributed by atoms with E-state index in [1.165, 1.54) is 11.8 Å². The minimum atomic E-state index is -0.248. The minimum Gasteiger partial charge on any atom is -0.376 e. The van der Waals surface area contributed by atoms with Crippen LogP contribution in [0.4, 0.5) is 11.4 Å². The van der Waals surface area contributed by atoms with E-state index in [2.05, 4.69) is 10.6 Å². The Labute approximate surface area is 205 Å². The van der Waals surface area contributed by atoms with Gasteiger partial charge in [0.15, 0.2) is 0 Å². The van der Waals surface area contributed by atoms with Gasteiger partial charge in [-0.05, 0) is 68.5 Å². The highest BCUT2D eigenvalue weighted by Crippen LogP contribution is 2.19. The molecule has 1 saturated heterocycles. The zero-order valence-electron chi connectivity index (χ0n) is 20.1. The predicted octanol–water partition coefficient (Wildman–Crippen LogP) is 3.93. The summed E-state index contributed by atoms with van der Waals surface area (Å²) < 4.78 is 5.69. The Kier molecular flexibility index (Phi) is 9.53. The number of nitrogens with zero attached hydrogens (tertiary/aromatic N) is 1. The third-order valence-corrected chi connectivity index (χ3v) is 6.69. The van der Waals surface area contributed by atoms with E-state index in [0.29, 0.717) is 13.2 Å². The van der Waals surface area contributed by atoms with Crippen LogP contribution < -0.4 is 10.6 Å². The first-order valence-corrected chi connectivity index (χ1v) is 12.7. The van der Waals surface area contributed by atoms with Gasteiger partial charge in [-0.15, -0.1) is 11.8 Å². The van der Waals surface area contributed by atoms with Crippen molar-refractivity contribution in [2.24, 2.45) is 0 Å². The molecule has 34 heavy (non-hydrogen) atoms. The zero-order valence-corrected chi connectivity index (χ0v) is 20.9. The van der Waals surface area contributed by atoms with Crippen molar-refractivity contribution in [2.75, 3.05) is 41.8 Å². The summed E-state index contributed by atoms with van der Waals surface area (Å²) >= 11 is 1.24. The monoisotopic (exact) mass is 483 g/mol. The number of nitrogens with one attached hydrogen (secondary N) is 2. The van der Waals surface area contributed by atoms with Crippen LogP contribution in [0.2, 0.25) is 0 Å². The fourth-order valence-corrected chi connectivity index (χ4v) is 4.50. The van der Waals surface area contributed by atoms with Crippen molar-refractivity contribution >= 4 is 40.9 Å². The standard InChI is InChI=1S/C26H33N3O4S/c1-18-7-4-9-21(13-18)27-25(31)16-34-17-26(32)29(14-22-10-6-12-33-22)15-24(30)28-23-11-5-8-19(2)20(23)3/h4-5,7-9,11,13,22H,6,10,12,14-17H2,1-3H3,(H,27,31)(H,28,30). The number of hydrogen-bond acceptors (Lipinski definition) is 5. The van der Waals surface area contributed by atoms with Crippen LogP contribution in [0.3, 0.4) is 0 Å². The van der Waals surface area contributed by atoms with Gasteiger partial charge in [-0.25, -0.2) is 0 Å². The van der Waals surface area contributed by atoms with Crippen molar-refractivity contribution in [1.82, 2.24) is 4.90 Å². The first-order chi connectivity index (χ1) is 16.3. The molecule has 0 spiro atoms. The number of aryl methyl sites for hydroxylation is 2. The summed E-state index contributed by atoms with van der Waals surface area (Å²) in [5, 5.41) is 5.77. The van der Waals surface area contributed by atoms with E-state index in [4.69, 9.17) is 4.74 Å². The van der Waals surface area contributed by atoms with Crippen LogP contribution in [0.25, 0.3) is 0 Å². The molecule has 0 bridgehead atoms. The van der Waals surface area contributed by atoms with Crippen molar-refractivity contribution in [3.05, 3.63) is 59.2 Å². The van der Waals surface area contributed by atoms with Gasteiger partial charge in [-0.2, -0.15) is 0 Å². The number of amides is 3. The first-order valence-electron chi connectivity index (χ1n) is 11.5. The molecule has 1 aliphatic rings. The molecule has 0 saturated carbocycles. The quantitative estimate of drug-likeness (QED) is 0.535. The number of carbonyl (C=O) groups excluding carboxylic acids is 3. The van der Waals surface area contributed by atoms with Crippen LogP contribution in [0.1, 0.15) is 29.5 Å². The summed E-state index contributed by atoms with van der Waals surface area (Å²) in [5.74, 6) is -0.323. The summed E-state index contributed by atoms with van der Waals surface area (Å²) in [6, 6.07) is 13.3. The molecule has 7 nitrogen and oxygen atoms in total. The van der Waals surface area contributed by atoms with E-state index >= 15 is 0 Å². The Morgan fingerprint density at radius 2 is 1.82 bits per heavy atom. The van der Waals surface area contributed by atoms with Crippen molar-refractivity contribution < 1.29 is 19.1 Å². The van der Waals surface area contributed by atoms with Crippen LogP contribution in [0, 0.1) is 20.8 Å². The number of thioether (sulfide) groups is 1. The highest BCUT2D eigenvalue weighted by molar-refractivity contribution is 8.00. The van der Waals surface area contributed by atoms with Gasteiger partial charge in [0.1, 0.15) is 0 Å². The van der Waals surface area contributed by atoms with Gasteiger partial charge in [0.25, 0.3) is 0 Å². The average molecular weight is 484 g/mol. The highest BCUT2D eigenvalue weighted by Gasteiger charge is 2.24. The first kappa shape index (κ1) is 25.8. The fraction of sp³-hybridized carbons (Fsp3) is 0.423. The summed E-state index contributed by atoms with van der Waals surface area (Å²) in [4.78, 5) is 39.5. The van der Waals surface area contributed by atoms with Crippen molar-refractivity contribution in [3.8, 4) is 0 Å². The molecule has 182 valence electrons. The number of rotatable bonds is 10. The van der Waals surface area contributed by atoms with E-state index in [9.17, 15) is 14.4 Å². The highest BCUT2D eigenvalue weighted by atomic mass is 32.2. The second-order valence-electron chi connectivity index (χ2n) is 8.62. The summed E-state index contributed by atoms with van der Waals surface area (Å²) in [7, 11) is 0. The molecule has 1 fully saturated rings. The summed E-state index contributed by atoms with van der Waals surface area (Å²) in [6.07, 6.45) is 1.76. The molecule has 8 heteroatoms. The molecule has 2 aromatic carbocycles. The van der Waals surface area contributed by atoms with E-state index < -0.39 is 0 Å². The average Bonchev–Trinajstić information content (AvgIpc) is 3.29. The normalized spacial score (nSPS) is 15.1. The molecule has 1 atom stereocenters. The SMILES string of the molecule is Cc1cccc(NC(=O)CSCC(=O)N(CC(=O)Nc2cccc(C)c2C)CC2CCCO2)c1. The largest absolute Gasteiger partial charge is 0.376 e. The van der Waals surface area contributed by atoms with Crippen LogP contribution in [-0.2, 0) is 19.1 Å². The van der Waals surface area contributed by atoms with E-state index in [1.807, 2.05) is 63.2 Å². The van der Waals surface area contributed by atoms with Crippen LogP contribution >= 0.6 is 11.8 Å². The Balaban J connectivity index is 1.53. The summed E-state index contributed by atoms with van der Waals surface area (Å²) in [6.45, 7) is 6.90. The van der Waals surface area contributed by atoms with Crippen molar-refractivity contribution in [2.45, 2.75) is 39.7 Å². The zero-order chi connectivity index (χ0) is 24.5. The number of carbonyl (C=O) groups is 3. The Bertz CT molecular complexity index is 1020. The number of hydrogen-bond donors (Lipinski definition) is 2. The second kappa shape index (κ2) is 12.6. The lowest BCUT2D eigenvalue weighted by atomic mass is 10.1. The maximum Gasteiger partial charge on any atom is 0.244 e. The third-order valence-electron chi connectivity index (χ3n) is 5.77. The van der Waals surface area contributed by atoms with Crippen LogP contribution in [0.5, 0.6) is 0 Å².